The molecule has 17 heavy (non-hydrogen) atoms. The Morgan fingerprint density at radius 3 is 2.94 bits per heavy atom. The Hall–Kier alpha value is -0.870. The van der Waals surface area contributed by atoms with Crippen molar-refractivity contribution >= 4 is 44.3 Å². The lowest BCUT2D eigenvalue weighted by Crippen LogP contribution is -2.06. The topological polar surface area (TPSA) is 37.8 Å². The zero-order valence-electron chi connectivity index (χ0n) is 9.08. The summed E-state index contributed by atoms with van der Waals surface area (Å²) in [4.78, 5) is 8.51. The van der Waals surface area contributed by atoms with E-state index in [1.807, 2.05) is 18.2 Å². The molecular formula is C12H11BrClN3. The molecule has 0 amide bonds. The number of benzene rings is 1. The molecule has 0 bridgehead atoms. The molecule has 1 fully saturated rings. The van der Waals surface area contributed by atoms with Crippen LogP contribution in [0.15, 0.2) is 22.7 Å². The van der Waals surface area contributed by atoms with E-state index in [2.05, 4.69) is 31.2 Å². The zero-order valence-corrected chi connectivity index (χ0v) is 11.4. The van der Waals surface area contributed by atoms with Gasteiger partial charge in [0.15, 0.2) is 0 Å². The molecule has 0 spiro atoms. The lowest BCUT2D eigenvalue weighted by atomic mass is 10.2. The van der Waals surface area contributed by atoms with E-state index < -0.39 is 0 Å². The first kappa shape index (κ1) is 11.2. The summed E-state index contributed by atoms with van der Waals surface area (Å²) in [6.45, 7) is 0.967. The third-order valence-electron chi connectivity index (χ3n) is 2.91. The van der Waals surface area contributed by atoms with Crippen molar-refractivity contribution in [1.82, 2.24) is 9.97 Å². The minimum absolute atomic E-state index is 0.280. The first-order valence-electron chi connectivity index (χ1n) is 5.59. The van der Waals surface area contributed by atoms with Gasteiger partial charge < -0.3 is 5.32 Å². The molecule has 1 aromatic carbocycles. The van der Waals surface area contributed by atoms with Gasteiger partial charge in [0.25, 0.3) is 0 Å². The van der Waals surface area contributed by atoms with Crippen molar-refractivity contribution in [2.75, 3.05) is 11.9 Å². The van der Waals surface area contributed by atoms with E-state index in [9.17, 15) is 0 Å². The Kier molecular flexibility index (Phi) is 2.92. The van der Waals surface area contributed by atoms with Crippen molar-refractivity contribution < 1.29 is 0 Å². The van der Waals surface area contributed by atoms with Gasteiger partial charge in [0, 0.05) is 16.4 Å². The van der Waals surface area contributed by atoms with Gasteiger partial charge in [0.2, 0.25) is 5.28 Å². The second kappa shape index (κ2) is 4.42. The maximum atomic E-state index is 5.94. The van der Waals surface area contributed by atoms with Crippen molar-refractivity contribution in [2.45, 2.75) is 12.8 Å². The van der Waals surface area contributed by atoms with E-state index in [1.54, 1.807) is 0 Å². The Morgan fingerprint density at radius 2 is 2.18 bits per heavy atom. The second-order valence-corrected chi connectivity index (χ2v) is 5.49. The number of nitrogens with one attached hydrogen (secondary N) is 1. The highest BCUT2D eigenvalue weighted by Crippen LogP contribution is 2.31. The predicted molar refractivity (Wildman–Crippen MR) is 73.5 cm³/mol. The molecule has 1 aromatic heterocycles. The van der Waals surface area contributed by atoms with Crippen LogP contribution in [0.25, 0.3) is 10.9 Å². The fourth-order valence-corrected chi connectivity index (χ4v) is 2.41. The Balaban J connectivity index is 2.05. The highest BCUT2D eigenvalue weighted by atomic mass is 79.9. The van der Waals surface area contributed by atoms with Crippen molar-refractivity contribution in [3.05, 3.63) is 28.0 Å². The SMILES string of the molecule is Clc1nc(NCC2CC2)c2cccc(Br)c2n1. The molecule has 3 nitrogen and oxygen atoms in total. The first-order chi connectivity index (χ1) is 8.24. The number of para-hydroxylation sites is 1. The van der Waals surface area contributed by atoms with E-state index in [1.165, 1.54) is 12.8 Å². The first-order valence-corrected chi connectivity index (χ1v) is 6.77. The molecule has 5 heteroatoms. The van der Waals surface area contributed by atoms with E-state index in [0.717, 1.165) is 33.7 Å². The third kappa shape index (κ3) is 2.38. The Labute approximate surface area is 113 Å². The number of hydrogen-bond donors (Lipinski definition) is 1. The summed E-state index contributed by atoms with van der Waals surface area (Å²) in [5.74, 6) is 1.62. The molecule has 88 valence electrons. The Bertz CT molecular complexity index is 569. The van der Waals surface area contributed by atoms with Gasteiger partial charge in [-0.1, -0.05) is 6.07 Å². The summed E-state index contributed by atoms with van der Waals surface area (Å²) in [6.07, 6.45) is 2.63. The third-order valence-corrected chi connectivity index (χ3v) is 3.71. The number of anilines is 1. The standard InChI is InChI=1S/C12H11BrClN3/c13-9-3-1-2-8-10(9)16-12(14)17-11(8)15-6-7-4-5-7/h1-3,7H,4-6H2,(H,15,16,17). The minimum atomic E-state index is 0.280. The van der Waals surface area contributed by atoms with Gasteiger partial charge in [-0.05, 0) is 58.4 Å². The van der Waals surface area contributed by atoms with Gasteiger partial charge in [-0.2, -0.15) is 0 Å². The summed E-state index contributed by atoms with van der Waals surface area (Å²) in [5.41, 5.74) is 0.853. The van der Waals surface area contributed by atoms with Crippen molar-refractivity contribution in [3.63, 3.8) is 0 Å². The van der Waals surface area contributed by atoms with Crippen molar-refractivity contribution in [2.24, 2.45) is 5.92 Å². The maximum absolute atomic E-state index is 5.94. The quantitative estimate of drug-likeness (QED) is 0.874. The summed E-state index contributed by atoms with van der Waals surface area (Å²) in [7, 11) is 0. The smallest absolute Gasteiger partial charge is 0.224 e. The fourth-order valence-electron chi connectivity index (χ4n) is 1.79. The lowest BCUT2D eigenvalue weighted by molar-refractivity contribution is 0.883. The molecule has 0 saturated heterocycles. The van der Waals surface area contributed by atoms with Crippen molar-refractivity contribution in [3.8, 4) is 0 Å². The van der Waals surface area contributed by atoms with Crippen LogP contribution in [0.4, 0.5) is 5.82 Å². The van der Waals surface area contributed by atoms with Gasteiger partial charge in [0.05, 0.1) is 5.52 Å². The van der Waals surface area contributed by atoms with Crippen LogP contribution in [0, 0.1) is 5.92 Å². The largest absolute Gasteiger partial charge is 0.369 e. The normalized spacial score (nSPS) is 15.2. The molecule has 0 atom stereocenters. The van der Waals surface area contributed by atoms with Crippen LogP contribution in [0.3, 0.4) is 0 Å². The molecule has 1 saturated carbocycles. The van der Waals surface area contributed by atoms with E-state index >= 15 is 0 Å². The number of halogens is 2. The lowest BCUT2D eigenvalue weighted by Gasteiger charge is -2.09. The van der Waals surface area contributed by atoms with Gasteiger partial charge in [-0.25, -0.2) is 9.97 Å². The van der Waals surface area contributed by atoms with Crippen LogP contribution in [-0.4, -0.2) is 16.5 Å². The number of hydrogen-bond acceptors (Lipinski definition) is 3. The molecule has 0 aliphatic heterocycles. The Morgan fingerprint density at radius 1 is 1.35 bits per heavy atom. The average molecular weight is 313 g/mol. The summed E-state index contributed by atoms with van der Waals surface area (Å²) >= 11 is 9.42. The van der Waals surface area contributed by atoms with Crippen LogP contribution < -0.4 is 5.32 Å². The summed E-state index contributed by atoms with van der Waals surface area (Å²) in [5, 5.41) is 4.65. The van der Waals surface area contributed by atoms with Gasteiger partial charge in [0.1, 0.15) is 5.82 Å². The molecule has 0 unspecified atom stereocenters. The van der Waals surface area contributed by atoms with Crippen LogP contribution in [-0.2, 0) is 0 Å². The highest BCUT2D eigenvalue weighted by molar-refractivity contribution is 9.10. The highest BCUT2D eigenvalue weighted by Gasteiger charge is 2.21. The molecule has 0 radical (unpaired) electrons. The number of rotatable bonds is 3. The molecule has 3 rings (SSSR count). The molecular weight excluding hydrogens is 302 g/mol. The van der Waals surface area contributed by atoms with Crippen LogP contribution in [0.2, 0.25) is 5.28 Å². The number of fused-ring (bicyclic) bond motifs is 1. The molecule has 1 aliphatic carbocycles. The van der Waals surface area contributed by atoms with Gasteiger partial charge in [-0.15, -0.1) is 0 Å². The van der Waals surface area contributed by atoms with Crippen LogP contribution >= 0.6 is 27.5 Å². The van der Waals surface area contributed by atoms with Crippen LogP contribution in [0.5, 0.6) is 0 Å². The summed E-state index contributed by atoms with van der Waals surface area (Å²) in [6, 6.07) is 5.94. The van der Waals surface area contributed by atoms with E-state index in [0.29, 0.717) is 0 Å². The minimum Gasteiger partial charge on any atom is -0.369 e. The molecule has 2 aromatic rings. The molecule has 1 N–H and O–H groups in total. The van der Waals surface area contributed by atoms with E-state index in [-0.39, 0.29) is 5.28 Å². The van der Waals surface area contributed by atoms with E-state index in [4.69, 9.17) is 11.6 Å². The number of nitrogens with zero attached hydrogens (tertiary/aromatic N) is 2. The second-order valence-electron chi connectivity index (χ2n) is 4.30. The van der Waals surface area contributed by atoms with Crippen LogP contribution in [0.1, 0.15) is 12.8 Å². The number of aromatic nitrogens is 2. The zero-order chi connectivity index (χ0) is 11.8. The maximum Gasteiger partial charge on any atom is 0.224 e. The van der Waals surface area contributed by atoms with Gasteiger partial charge >= 0.3 is 0 Å². The van der Waals surface area contributed by atoms with Gasteiger partial charge in [-0.3, -0.25) is 0 Å². The fraction of sp³-hybridized carbons (Fsp3) is 0.333. The monoisotopic (exact) mass is 311 g/mol. The van der Waals surface area contributed by atoms with Crippen molar-refractivity contribution in [1.29, 1.82) is 0 Å². The average Bonchev–Trinajstić information content (AvgIpc) is 3.11. The predicted octanol–water partition coefficient (Wildman–Crippen LogP) is 3.87. The molecule has 1 heterocycles. The molecule has 1 aliphatic rings. The summed E-state index contributed by atoms with van der Waals surface area (Å²) < 4.78 is 0.939.